The van der Waals surface area contributed by atoms with Crippen LogP contribution in [-0.4, -0.2) is 72.9 Å². The van der Waals surface area contributed by atoms with Crippen molar-refractivity contribution in [1.82, 2.24) is 19.6 Å². The van der Waals surface area contributed by atoms with Crippen LogP contribution in [0.4, 0.5) is 5.13 Å². The predicted molar refractivity (Wildman–Crippen MR) is 144 cm³/mol. The molecular weight excluding hydrogens is 565 g/mol. The molecule has 0 saturated carbocycles. The second-order valence-electron chi connectivity index (χ2n) is 8.28. The Kier molecular flexibility index (Phi) is 7.46. The molecule has 1 saturated heterocycles. The lowest BCUT2D eigenvalue weighted by molar-refractivity contribution is -0.658. The quantitative estimate of drug-likeness (QED) is 0.106. The number of imidazole rings is 1. The third-order valence-electron chi connectivity index (χ3n) is 5.99. The van der Waals surface area contributed by atoms with Gasteiger partial charge in [0.2, 0.25) is 0 Å². The average Bonchev–Trinajstić information content (AvgIpc) is 3.54. The summed E-state index contributed by atoms with van der Waals surface area (Å²) in [6.45, 7) is 0.211. The van der Waals surface area contributed by atoms with Crippen molar-refractivity contribution in [2.45, 2.75) is 23.0 Å². The van der Waals surface area contributed by atoms with Crippen molar-refractivity contribution in [2.75, 3.05) is 24.3 Å². The fourth-order valence-electron chi connectivity index (χ4n) is 4.28. The van der Waals surface area contributed by atoms with Gasteiger partial charge in [-0.3, -0.25) is 14.5 Å². The highest BCUT2D eigenvalue weighted by Gasteiger charge is 2.54. The Bertz CT molecular complexity index is 1590. The number of thiazole rings is 1. The normalized spacial score (nSPS) is 18.9. The van der Waals surface area contributed by atoms with Crippen molar-refractivity contribution >= 4 is 69.1 Å². The van der Waals surface area contributed by atoms with E-state index in [1.165, 1.54) is 35.5 Å². The van der Waals surface area contributed by atoms with Gasteiger partial charge in [-0.1, -0.05) is 16.9 Å². The number of nitriles is 1. The molecule has 0 unspecified atom stereocenters. The van der Waals surface area contributed by atoms with Crippen molar-refractivity contribution in [3.63, 3.8) is 0 Å². The number of amides is 2. The molecule has 1 fully saturated rings. The second-order valence-corrected chi connectivity index (χ2v) is 11.3. The van der Waals surface area contributed by atoms with Crippen LogP contribution in [0.5, 0.6) is 0 Å². The van der Waals surface area contributed by atoms with E-state index in [9.17, 15) is 19.5 Å². The first-order valence-corrected chi connectivity index (χ1v) is 14.3. The topological polar surface area (TPSA) is 179 Å². The Morgan fingerprint density at radius 2 is 2.28 bits per heavy atom. The van der Waals surface area contributed by atoms with Crippen LogP contribution >= 0.6 is 34.9 Å². The van der Waals surface area contributed by atoms with Gasteiger partial charge < -0.3 is 21.0 Å². The molecule has 2 amide bonds. The number of pyridine rings is 1. The van der Waals surface area contributed by atoms with E-state index in [2.05, 4.69) is 21.5 Å². The van der Waals surface area contributed by atoms with E-state index in [1.54, 1.807) is 5.38 Å². The number of β-lactam (4-membered cyclic amide) rings is 1. The Labute approximate surface area is 233 Å². The largest absolute Gasteiger partial charge is 0.477 e. The van der Waals surface area contributed by atoms with Crippen molar-refractivity contribution in [2.24, 2.45) is 5.16 Å². The lowest BCUT2D eigenvalue weighted by atomic mass is 10.0. The van der Waals surface area contributed by atoms with E-state index in [-0.39, 0.29) is 28.8 Å². The molecule has 4 N–H and O–H groups in total. The van der Waals surface area contributed by atoms with Gasteiger partial charge in [0.1, 0.15) is 48.4 Å². The second kappa shape index (κ2) is 11.0. The summed E-state index contributed by atoms with van der Waals surface area (Å²) in [5, 5.41) is 27.5. The minimum absolute atomic E-state index is 0.0703. The molecule has 0 bridgehead atoms. The number of nitrogen functional groups attached to an aromatic ring is 1. The first kappa shape index (κ1) is 26.5. The number of nitrogens with zero attached hydrogens (tertiary/aromatic N) is 6. The van der Waals surface area contributed by atoms with E-state index < -0.39 is 29.2 Å². The smallest absolute Gasteiger partial charge is 0.352 e. The molecule has 3 aromatic heterocycles. The lowest BCUT2D eigenvalue weighted by Gasteiger charge is -2.49. The van der Waals surface area contributed by atoms with E-state index in [1.807, 2.05) is 39.6 Å². The van der Waals surface area contributed by atoms with Crippen LogP contribution < -0.4 is 15.6 Å². The van der Waals surface area contributed by atoms with Crippen LogP contribution in [0.15, 0.2) is 57.4 Å². The van der Waals surface area contributed by atoms with E-state index in [4.69, 9.17) is 15.8 Å². The van der Waals surface area contributed by atoms with Gasteiger partial charge >= 0.3 is 5.97 Å². The summed E-state index contributed by atoms with van der Waals surface area (Å²) in [5.74, 6) is -1.71. The molecule has 13 nitrogen and oxygen atoms in total. The number of anilines is 1. The Morgan fingerprint density at radius 1 is 1.46 bits per heavy atom. The fourth-order valence-corrected chi connectivity index (χ4v) is 7.33. The molecule has 2 aliphatic heterocycles. The number of carboxylic acid groups (broad SMARTS) is 1. The van der Waals surface area contributed by atoms with Gasteiger partial charge in [0, 0.05) is 23.0 Å². The Balaban J connectivity index is 1.32. The Hall–Kier alpha value is -4.07. The SMILES string of the molecule is CO/N=C(\C(=O)N[C@@H]1C(=O)N2C(C(=O)O)=C(CSc3cccc4n3cc[n+]4CC#N)CS[C@H]12)c1csc(N)n1. The minimum Gasteiger partial charge on any atom is -0.477 e. The van der Waals surface area contributed by atoms with Gasteiger partial charge in [0.15, 0.2) is 22.4 Å². The number of oxime groups is 1. The van der Waals surface area contributed by atoms with Crippen molar-refractivity contribution in [1.29, 1.82) is 5.26 Å². The van der Waals surface area contributed by atoms with E-state index in [0.717, 1.165) is 22.0 Å². The number of hydrogen-bond acceptors (Lipinski definition) is 11. The minimum atomic E-state index is -1.21. The van der Waals surface area contributed by atoms with Crippen LogP contribution in [0.1, 0.15) is 5.69 Å². The predicted octanol–water partition coefficient (Wildman–Crippen LogP) is 0.670. The molecule has 2 atom stereocenters. The summed E-state index contributed by atoms with van der Waals surface area (Å²) in [6, 6.07) is 6.86. The molecule has 39 heavy (non-hydrogen) atoms. The number of rotatable bonds is 9. The average molecular weight is 586 g/mol. The van der Waals surface area contributed by atoms with Gasteiger partial charge in [-0.05, 0) is 17.7 Å². The zero-order valence-electron chi connectivity index (χ0n) is 20.3. The maximum absolute atomic E-state index is 13.1. The summed E-state index contributed by atoms with van der Waals surface area (Å²) in [6.07, 6.45) is 3.66. The third kappa shape index (κ3) is 4.91. The fraction of sp³-hybridized carbons (Fsp3) is 0.261. The summed E-state index contributed by atoms with van der Waals surface area (Å²) >= 11 is 3.94. The third-order valence-corrected chi connectivity index (χ3v) is 9.13. The highest BCUT2D eigenvalue weighted by atomic mass is 32.2. The molecule has 200 valence electrons. The molecule has 3 aromatic rings. The first-order valence-electron chi connectivity index (χ1n) is 11.4. The molecule has 0 aromatic carbocycles. The van der Waals surface area contributed by atoms with E-state index in [0.29, 0.717) is 17.1 Å². The van der Waals surface area contributed by atoms with Crippen LogP contribution in [0.2, 0.25) is 0 Å². The van der Waals surface area contributed by atoms with Gasteiger partial charge in [-0.15, -0.1) is 23.1 Å². The molecule has 5 rings (SSSR count). The number of nitrogens with two attached hydrogens (primary N) is 1. The van der Waals surface area contributed by atoms with Gasteiger partial charge in [0.25, 0.3) is 17.5 Å². The van der Waals surface area contributed by atoms with Gasteiger partial charge in [-0.2, -0.15) is 9.66 Å². The van der Waals surface area contributed by atoms with Crippen molar-refractivity contribution in [3.8, 4) is 6.07 Å². The highest BCUT2D eigenvalue weighted by molar-refractivity contribution is 8.01. The lowest BCUT2D eigenvalue weighted by Crippen LogP contribution is -2.71. The molecule has 5 heterocycles. The number of fused-ring (bicyclic) bond motifs is 2. The van der Waals surface area contributed by atoms with Crippen LogP contribution in [0, 0.1) is 11.3 Å². The highest BCUT2D eigenvalue weighted by Crippen LogP contribution is 2.41. The summed E-state index contributed by atoms with van der Waals surface area (Å²) in [5.41, 5.74) is 7.09. The van der Waals surface area contributed by atoms with E-state index >= 15 is 0 Å². The number of carbonyl (C=O) groups excluding carboxylic acids is 2. The van der Waals surface area contributed by atoms with Crippen molar-refractivity contribution < 1.29 is 28.9 Å². The first-order chi connectivity index (χ1) is 18.8. The standard InChI is InChI=1S/C23H20N8O5S3/c1-36-28-16(13-11-39-23(25)26-13)19(32)27-17-20(33)31-18(22(34)35)12(10-38-21(17)31)9-37-15-4-2-3-14-29(6-5-24)7-8-30(14)15/h2-4,7-8,11,17,21H,6,9-10H2,1H3,(H3-,25,26,27,32,34,35)/p+1/b28-16-/t17-,21-/m1/s1. The zero-order chi connectivity index (χ0) is 27.7. The molecule has 2 aliphatic rings. The molecular formula is C23H21N8O5S3+. The monoisotopic (exact) mass is 585 g/mol. The number of aliphatic carboxylic acids is 1. The number of hydrogen-bond donors (Lipinski definition) is 3. The maximum atomic E-state index is 13.1. The molecule has 0 aliphatic carbocycles. The molecule has 0 radical (unpaired) electrons. The van der Waals surface area contributed by atoms with Crippen LogP contribution in [0.25, 0.3) is 5.65 Å². The van der Waals surface area contributed by atoms with Crippen molar-refractivity contribution in [3.05, 3.63) is 52.9 Å². The summed E-state index contributed by atoms with van der Waals surface area (Å²) < 4.78 is 3.74. The number of nitrogens with one attached hydrogen (secondary N) is 1. The molecule has 16 heteroatoms. The van der Waals surface area contributed by atoms with Crippen LogP contribution in [0.3, 0.4) is 0 Å². The number of aromatic nitrogens is 3. The molecule has 0 spiro atoms. The zero-order valence-corrected chi connectivity index (χ0v) is 22.8. The Morgan fingerprint density at radius 3 is 2.97 bits per heavy atom. The summed E-state index contributed by atoms with van der Waals surface area (Å²) in [4.78, 5) is 48.3. The van der Waals surface area contributed by atoms with Crippen LogP contribution in [-0.2, 0) is 25.8 Å². The summed E-state index contributed by atoms with van der Waals surface area (Å²) in [7, 11) is 1.28. The van der Waals surface area contributed by atoms with Gasteiger partial charge in [0.05, 0.1) is 0 Å². The van der Waals surface area contributed by atoms with Gasteiger partial charge in [-0.25, -0.2) is 14.3 Å². The number of carbonyl (C=O) groups is 3. The number of carboxylic acids is 1. The number of thioether (sulfide) groups is 2. The maximum Gasteiger partial charge on any atom is 0.352 e.